The summed E-state index contributed by atoms with van der Waals surface area (Å²) in [5.74, 6) is 3.82. The second kappa shape index (κ2) is 30.5. The minimum atomic E-state index is -0.855. The van der Waals surface area contributed by atoms with Gasteiger partial charge in [0.15, 0.2) is 0 Å². The van der Waals surface area contributed by atoms with Gasteiger partial charge in [-0.1, -0.05) is 66.5 Å². The third kappa shape index (κ3) is 18.1. The van der Waals surface area contributed by atoms with Gasteiger partial charge in [0, 0.05) is 19.8 Å². The summed E-state index contributed by atoms with van der Waals surface area (Å²) in [6.45, 7) is 10.9. The van der Waals surface area contributed by atoms with E-state index in [2.05, 4.69) is 263 Å². The minimum absolute atomic E-state index is 0.0415. The highest BCUT2D eigenvalue weighted by Gasteiger charge is 2.30. The Bertz CT molecular complexity index is 2870. The molecule has 6 aromatic carbocycles. The van der Waals surface area contributed by atoms with Crippen LogP contribution >= 0.6 is 223 Å². The zero-order valence-electron chi connectivity index (χ0n) is 41.0. The minimum Gasteiger partial charge on any atom is -0.494 e. The molecule has 6 aromatic rings. The molecule has 0 spiro atoms. The fourth-order valence-electron chi connectivity index (χ4n) is 7.07. The number of benzene rings is 6. The predicted molar refractivity (Wildman–Crippen MR) is 353 cm³/mol. The highest BCUT2D eigenvalue weighted by molar-refractivity contribution is 9.13. The lowest BCUT2D eigenvalue weighted by Gasteiger charge is -2.28. The van der Waals surface area contributed by atoms with Crippen LogP contribution in [0.4, 0.5) is 0 Å². The molecule has 9 nitrogen and oxygen atoms in total. The van der Waals surface area contributed by atoms with Crippen molar-refractivity contribution < 1.29 is 43.7 Å². The van der Waals surface area contributed by atoms with Gasteiger partial charge in [0.1, 0.15) is 79.7 Å². The van der Waals surface area contributed by atoms with Crippen molar-refractivity contribution in [1.29, 1.82) is 0 Å². The number of aliphatic hydroxyl groups excluding tert-OH is 3. The first-order chi connectivity index (χ1) is 35.6. The maximum Gasteiger partial charge on any atom is 0.147 e. The molecule has 0 amide bonds. The lowest BCUT2D eigenvalue weighted by Crippen LogP contribution is -2.25. The van der Waals surface area contributed by atoms with Gasteiger partial charge < -0.3 is 43.7 Å². The first-order valence-electron chi connectivity index (χ1n) is 22.6. The van der Waals surface area contributed by atoms with E-state index in [0.29, 0.717) is 35.2 Å². The van der Waals surface area contributed by atoms with Crippen LogP contribution in [0, 0.1) is 0 Å². The van der Waals surface area contributed by atoms with Crippen LogP contribution in [0.1, 0.15) is 63.3 Å². The Balaban J connectivity index is 0.000000282. The van der Waals surface area contributed by atoms with E-state index in [1.165, 1.54) is 0 Å². The van der Waals surface area contributed by atoms with Crippen molar-refractivity contribution >= 4 is 223 Å². The van der Waals surface area contributed by atoms with Crippen molar-refractivity contribution in [1.82, 2.24) is 0 Å². The van der Waals surface area contributed by atoms with E-state index in [-0.39, 0.29) is 43.9 Å². The molecule has 6 rings (SSSR count). The summed E-state index contributed by atoms with van der Waals surface area (Å²) in [6.07, 6.45) is -1.59. The largest absolute Gasteiger partial charge is 0.494 e. The fourth-order valence-corrected chi connectivity index (χ4v) is 17.8. The maximum atomic E-state index is 10.5. The second-order valence-electron chi connectivity index (χ2n) is 17.9. The zero-order valence-corrected chi connectivity index (χ0v) is 63.2. The molecule has 0 aromatic heterocycles. The number of methoxy groups -OCH3 is 1. The Morgan fingerprint density at radius 2 is 0.513 bits per heavy atom. The van der Waals surface area contributed by atoms with Crippen molar-refractivity contribution in [2.24, 2.45) is 0 Å². The summed E-state index contributed by atoms with van der Waals surface area (Å²) in [5, 5.41) is 30.9. The van der Waals surface area contributed by atoms with E-state index < -0.39 is 18.3 Å². The van der Waals surface area contributed by atoms with Crippen LogP contribution in [0.15, 0.2) is 135 Å². The molecule has 3 N–H and O–H groups in total. The predicted octanol–water partition coefficient (Wildman–Crippen LogP) is 20.5. The molecule has 412 valence electrons. The summed E-state index contributed by atoms with van der Waals surface area (Å²) in [7, 11) is 1.64. The highest BCUT2D eigenvalue weighted by Crippen LogP contribution is 2.47. The number of rotatable bonds is 21. The summed E-state index contributed by atoms with van der Waals surface area (Å²) >= 11 is 49.8. The van der Waals surface area contributed by atoms with Crippen molar-refractivity contribution in [3.05, 3.63) is 158 Å². The van der Waals surface area contributed by atoms with Crippen LogP contribution in [0.3, 0.4) is 0 Å². The molecule has 0 aliphatic heterocycles. The van der Waals surface area contributed by atoms with Gasteiger partial charge in [0.05, 0.1) is 66.9 Å². The Morgan fingerprint density at radius 1 is 0.329 bits per heavy atom. The molecule has 76 heavy (non-hydrogen) atoms. The molecule has 0 bridgehead atoms. The maximum absolute atomic E-state index is 10.5. The van der Waals surface area contributed by atoms with E-state index in [0.717, 1.165) is 90.6 Å². The van der Waals surface area contributed by atoms with Gasteiger partial charge in [0.25, 0.3) is 0 Å². The summed E-state index contributed by atoms with van der Waals surface area (Å²) in [4.78, 5) is 0. The van der Waals surface area contributed by atoms with Crippen LogP contribution < -0.4 is 28.4 Å². The van der Waals surface area contributed by atoms with E-state index in [1.807, 2.05) is 67.6 Å². The van der Waals surface area contributed by atoms with Crippen LogP contribution in [0.5, 0.6) is 34.5 Å². The molecule has 3 atom stereocenters. The molecule has 0 saturated carbocycles. The van der Waals surface area contributed by atoms with Gasteiger partial charge in [-0.3, -0.25) is 0 Å². The summed E-state index contributed by atoms with van der Waals surface area (Å²) in [5.41, 5.74) is 3.58. The lowest BCUT2D eigenvalue weighted by molar-refractivity contribution is 0.0615. The molecule has 3 unspecified atom stereocenters. The first kappa shape index (κ1) is 67.5. The quantitative estimate of drug-likeness (QED) is 0.0648. The standard InChI is InChI=1S/C28H27Br7O5.C25H21Br7O4/c1-4-17(36)11-38-25-19(30)5-14(6-20(25)31)28(2,3)15-7-21(32)26(22(33)8-15)39-12-18(37)13-40-27-23(34)9-16(29)10-24(27)35;1-25(2,12-4-16(27)22(34-3)17(28)5-12)13-6-18(29)23(19(30)7-13)35-10-15(33)11-36-24-20(31)8-14(26)9-21(24)32/h5-10,17-18,36-37H,4,11-13H2,1-3H3;4-9,15,33H,10-11H2,1-3H3. The number of hydrogen-bond donors (Lipinski definition) is 3. The number of halogens is 14. The Kier molecular flexibility index (Phi) is 27.1. The number of hydrogen-bond acceptors (Lipinski definition) is 9. The molecule has 0 fully saturated rings. The van der Waals surface area contributed by atoms with Crippen molar-refractivity contribution in [3.63, 3.8) is 0 Å². The average Bonchev–Trinajstić information content (AvgIpc) is 3.32. The summed E-state index contributed by atoms with van der Waals surface area (Å²) < 4.78 is 46.1. The van der Waals surface area contributed by atoms with Crippen LogP contribution in [0.2, 0.25) is 0 Å². The Morgan fingerprint density at radius 3 is 0.711 bits per heavy atom. The van der Waals surface area contributed by atoms with E-state index in [4.69, 9.17) is 28.4 Å². The molecule has 0 heterocycles. The monoisotopic (exact) mass is 1930 g/mol. The highest BCUT2D eigenvalue weighted by atomic mass is 79.9. The average molecular weight is 1950 g/mol. The molecule has 0 aliphatic carbocycles. The molecule has 0 saturated heterocycles. The summed E-state index contributed by atoms with van der Waals surface area (Å²) in [6, 6.07) is 23.8. The smallest absolute Gasteiger partial charge is 0.147 e. The molecular formula is C53H48Br14O9. The van der Waals surface area contributed by atoms with Gasteiger partial charge in [-0.15, -0.1) is 0 Å². The normalized spacial score (nSPS) is 12.8. The third-order valence-corrected chi connectivity index (χ3v) is 19.6. The van der Waals surface area contributed by atoms with Gasteiger partial charge in [0.2, 0.25) is 0 Å². The third-order valence-electron chi connectivity index (χ3n) is 11.6. The van der Waals surface area contributed by atoms with Crippen LogP contribution in [-0.4, -0.2) is 73.8 Å². The van der Waals surface area contributed by atoms with Crippen molar-refractivity contribution in [2.45, 2.75) is 70.2 Å². The lowest BCUT2D eigenvalue weighted by atomic mass is 9.78. The van der Waals surface area contributed by atoms with E-state index in [9.17, 15) is 15.3 Å². The first-order valence-corrected chi connectivity index (χ1v) is 33.7. The zero-order chi connectivity index (χ0) is 56.6. The van der Waals surface area contributed by atoms with Gasteiger partial charge in [-0.05, 0) is 293 Å². The van der Waals surface area contributed by atoms with Gasteiger partial charge >= 0.3 is 0 Å². The molecule has 0 aliphatic rings. The van der Waals surface area contributed by atoms with Crippen LogP contribution in [-0.2, 0) is 10.8 Å². The Hall–Kier alpha value is 0.720. The topological polar surface area (TPSA) is 116 Å². The Labute approximate surface area is 561 Å². The fraction of sp³-hybridized carbons (Fsp3) is 0.321. The van der Waals surface area contributed by atoms with Gasteiger partial charge in [-0.2, -0.15) is 0 Å². The van der Waals surface area contributed by atoms with Crippen molar-refractivity contribution in [2.75, 3.05) is 40.1 Å². The second-order valence-corrected chi connectivity index (χ2v) is 29.9. The number of aliphatic hydroxyl groups is 3. The number of ether oxygens (including phenoxy) is 6. The molecule has 0 radical (unpaired) electrons. The molecular weight excluding hydrogens is 1900 g/mol. The van der Waals surface area contributed by atoms with Crippen LogP contribution in [0.25, 0.3) is 0 Å². The molecule has 23 heteroatoms. The van der Waals surface area contributed by atoms with E-state index >= 15 is 0 Å². The SMILES string of the molecule is CCC(O)COc1c(Br)cc(C(C)(C)c2cc(Br)c(OCC(O)COc3c(Br)cc(Br)cc3Br)c(Br)c2)cc1Br.COc1c(Br)cc(C(C)(C)c2cc(Br)c(OCC(O)COc3c(Br)cc(Br)cc3Br)c(Br)c2)cc1Br. The van der Waals surface area contributed by atoms with E-state index in [1.54, 1.807) is 7.11 Å². The van der Waals surface area contributed by atoms with Crippen molar-refractivity contribution in [3.8, 4) is 34.5 Å². The van der Waals surface area contributed by atoms with Gasteiger partial charge in [-0.25, -0.2) is 0 Å².